The van der Waals surface area contributed by atoms with Crippen LogP contribution in [0.2, 0.25) is 0 Å². The van der Waals surface area contributed by atoms with Crippen LogP contribution < -0.4 is 10.00 Å². The lowest BCUT2D eigenvalue weighted by molar-refractivity contribution is -0.763. The van der Waals surface area contributed by atoms with Gasteiger partial charge in [-0.15, -0.1) is 0 Å². The molecule has 132 valence electrons. The fourth-order valence-corrected chi connectivity index (χ4v) is 2.96. The molecule has 0 unspecified atom stereocenters. The Kier molecular flexibility index (Phi) is 6.50. The molecule has 0 saturated heterocycles. The minimum atomic E-state index is -0.262. The normalized spacial score (nSPS) is 10.5. The Bertz CT molecular complexity index is 813. The molecule has 0 atom stereocenters. The minimum Gasteiger partial charge on any atom is -0.378 e. The molecule has 0 fully saturated rings. The van der Waals surface area contributed by atoms with Crippen molar-refractivity contribution >= 4 is 23.6 Å². The molecular weight excluding hydrogens is 342 g/mol. The predicted molar refractivity (Wildman–Crippen MR) is 91.1 cm³/mol. The maximum atomic E-state index is 12.1. The molecular formula is C16H20N5O3S+. The SMILES string of the molecule is COCC[n+]1cc(NC(=O)CSc2nc(C)c(C)c(C)c2C#N)on1. The molecule has 25 heavy (non-hydrogen) atoms. The first-order chi connectivity index (χ1) is 12.0. The summed E-state index contributed by atoms with van der Waals surface area (Å²) in [6, 6.07) is 2.17. The largest absolute Gasteiger partial charge is 0.378 e. The molecule has 8 nitrogen and oxygen atoms in total. The molecule has 0 bridgehead atoms. The number of nitriles is 1. The second-order valence-corrected chi connectivity index (χ2v) is 6.36. The number of ether oxygens (including phenoxy) is 1. The fourth-order valence-electron chi connectivity index (χ4n) is 2.08. The number of aryl methyl sites for hydroxylation is 1. The van der Waals surface area contributed by atoms with E-state index in [1.165, 1.54) is 16.4 Å². The molecule has 2 aromatic heterocycles. The van der Waals surface area contributed by atoms with Crippen LogP contribution in [0.3, 0.4) is 0 Å². The molecule has 2 rings (SSSR count). The summed E-state index contributed by atoms with van der Waals surface area (Å²) in [5.74, 6) is 0.107. The Morgan fingerprint density at radius 3 is 2.88 bits per heavy atom. The number of nitrogens with zero attached hydrogens (tertiary/aromatic N) is 4. The molecule has 2 aromatic rings. The van der Waals surface area contributed by atoms with E-state index in [9.17, 15) is 10.1 Å². The third-order valence-corrected chi connectivity index (χ3v) is 4.69. The van der Waals surface area contributed by atoms with Crippen molar-refractivity contribution in [1.29, 1.82) is 5.26 Å². The van der Waals surface area contributed by atoms with E-state index >= 15 is 0 Å². The monoisotopic (exact) mass is 362 g/mol. The number of thioether (sulfide) groups is 1. The van der Waals surface area contributed by atoms with Gasteiger partial charge in [-0.1, -0.05) is 11.8 Å². The zero-order valence-corrected chi connectivity index (χ0v) is 15.4. The molecule has 9 heteroatoms. The van der Waals surface area contributed by atoms with Gasteiger partial charge in [0.15, 0.2) is 0 Å². The Labute approximate surface area is 150 Å². The number of methoxy groups -OCH3 is 1. The maximum Gasteiger partial charge on any atom is 0.302 e. The highest BCUT2D eigenvalue weighted by molar-refractivity contribution is 8.00. The number of amides is 1. The van der Waals surface area contributed by atoms with Crippen molar-refractivity contribution in [3.8, 4) is 6.07 Å². The van der Waals surface area contributed by atoms with Crippen LogP contribution in [-0.4, -0.2) is 35.6 Å². The summed E-state index contributed by atoms with van der Waals surface area (Å²) in [6.07, 6.45) is 1.58. The molecule has 0 aliphatic rings. The third-order valence-electron chi connectivity index (χ3n) is 3.71. The molecule has 1 N–H and O–H groups in total. The molecule has 0 radical (unpaired) electrons. The summed E-state index contributed by atoms with van der Waals surface area (Å²) >= 11 is 1.22. The highest BCUT2D eigenvalue weighted by atomic mass is 32.2. The quantitative estimate of drug-likeness (QED) is 0.588. The number of rotatable bonds is 7. The lowest BCUT2D eigenvalue weighted by atomic mass is 10.1. The Hall–Kier alpha value is -2.44. The minimum absolute atomic E-state index is 0.113. The average Bonchev–Trinajstić information content (AvgIpc) is 3.03. The van der Waals surface area contributed by atoms with Crippen LogP contribution in [0.4, 0.5) is 5.88 Å². The van der Waals surface area contributed by atoms with Gasteiger partial charge in [0.1, 0.15) is 17.7 Å². The molecule has 2 heterocycles. The Balaban J connectivity index is 1.99. The first-order valence-electron chi connectivity index (χ1n) is 7.62. The number of carbonyl (C=O) groups excluding carboxylic acids is 1. The highest BCUT2D eigenvalue weighted by Crippen LogP contribution is 2.26. The molecule has 0 saturated carbocycles. The number of hydrogen-bond donors (Lipinski definition) is 1. The van der Waals surface area contributed by atoms with Crippen molar-refractivity contribution < 1.29 is 18.7 Å². The van der Waals surface area contributed by atoms with Crippen LogP contribution >= 0.6 is 11.8 Å². The number of anilines is 1. The van der Waals surface area contributed by atoms with Crippen LogP contribution in [0.5, 0.6) is 0 Å². The van der Waals surface area contributed by atoms with E-state index < -0.39 is 0 Å². The Morgan fingerprint density at radius 2 is 2.20 bits per heavy atom. The summed E-state index contributed by atoms with van der Waals surface area (Å²) in [6.45, 7) is 6.74. The van der Waals surface area contributed by atoms with E-state index in [0.717, 1.165) is 16.8 Å². The van der Waals surface area contributed by atoms with Crippen molar-refractivity contribution in [1.82, 2.24) is 10.3 Å². The van der Waals surface area contributed by atoms with Crippen molar-refractivity contribution in [2.45, 2.75) is 32.3 Å². The van der Waals surface area contributed by atoms with Gasteiger partial charge in [0, 0.05) is 12.8 Å². The smallest absolute Gasteiger partial charge is 0.302 e. The summed E-state index contributed by atoms with van der Waals surface area (Å²) in [5, 5.41) is 16.3. The number of carbonyl (C=O) groups is 1. The van der Waals surface area contributed by atoms with Gasteiger partial charge in [0.2, 0.25) is 17.7 Å². The van der Waals surface area contributed by atoms with Crippen LogP contribution in [0, 0.1) is 32.1 Å². The van der Waals surface area contributed by atoms with E-state index in [1.54, 1.807) is 13.3 Å². The molecule has 0 aromatic carbocycles. The second-order valence-electron chi connectivity index (χ2n) is 5.40. The van der Waals surface area contributed by atoms with E-state index in [2.05, 4.69) is 21.6 Å². The summed E-state index contributed by atoms with van der Waals surface area (Å²) in [7, 11) is 1.60. The second kappa shape index (κ2) is 8.60. The zero-order valence-electron chi connectivity index (χ0n) is 14.6. The van der Waals surface area contributed by atoms with Gasteiger partial charge in [-0.2, -0.15) is 5.26 Å². The number of hydrogen-bond acceptors (Lipinski definition) is 7. The van der Waals surface area contributed by atoms with Gasteiger partial charge in [-0.25, -0.2) is 4.98 Å². The number of aromatic nitrogens is 3. The van der Waals surface area contributed by atoms with E-state index in [4.69, 9.17) is 9.26 Å². The average molecular weight is 362 g/mol. The van der Waals surface area contributed by atoms with Gasteiger partial charge in [0.25, 0.3) is 6.20 Å². The lowest BCUT2D eigenvalue weighted by Gasteiger charge is -2.10. The maximum absolute atomic E-state index is 12.1. The topological polar surface area (TPSA) is 105 Å². The fraction of sp³-hybridized carbons (Fsp3) is 0.438. The van der Waals surface area contributed by atoms with Gasteiger partial charge in [0.05, 0.1) is 11.3 Å². The highest BCUT2D eigenvalue weighted by Gasteiger charge is 2.17. The number of pyridine rings is 1. The van der Waals surface area contributed by atoms with Crippen LogP contribution in [-0.2, 0) is 16.1 Å². The zero-order chi connectivity index (χ0) is 18.4. The van der Waals surface area contributed by atoms with Crippen molar-refractivity contribution in [2.24, 2.45) is 0 Å². The van der Waals surface area contributed by atoms with Crippen LogP contribution in [0.15, 0.2) is 15.7 Å². The number of nitrogens with one attached hydrogen (secondary N) is 1. The van der Waals surface area contributed by atoms with Crippen LogP contribution in [0.1, 0.15) is 22.4 Å². The molecule has 0 aliphatic carbocycles. The lowest BCUT2D eigenvalue weighted by Crippen LogP contribution is -2.36. The first-order valence-corrected chi connectivity index (χ1v) is 8.60. The Morgan fingerprint density at radius 1 is 1.44 bits per heavy atom. The first kappa shape index (κ1) is 18.9. The summed E-state index contributed by atoms with van der Waals surface area (Å²) in [5.41, 5.74) is 3.26. The van der Waals surface area contributed by atoms with Crippen molar-refractivity contribution in [3.05, 3.63) is 28.6 Å². The molecule has 0 spiro atoms. The predicted octanol–water partition coefficient (Wildman–Crippen LogP) is 1.53. The van der Waals surface area contributed by atoms with Gasteiger partial charge in [-0.05, 0) is 36.6 Å². The van der Waals surface area contributed by atoms with Gasteiger partial charge < -0.3 is 4.74 Å². The third kappa shape index (κ3) is 4.78. The van der Waals surface area contributed by atoms with E-state index in [0.29, 0.717) is 23.7 Å². The molecule has 0 aliphatic heterocycles. The van der Waals surface area contributed by atoms with Crippen molar-refractivity contribution in [2.75, 3.05) is 24.8 Å². The van der Waals surface area contributed by atoms with Crippen molar-refractivity contribution in [3.63, 3.8) is 0 Å². The molecule has 1 amide bonds. The van der Waals surface area contributed by atoms with E-state index in [1.807, 2.05) is 20.8 Å². The summed E-state index contributed by atoms with van der Waals surface area (Å²) in [4.78, 5) is 16.5. The standard InChI is InChI=1S/C16H19N5O3S/c1-10-11(2)13(7-17)16(18-12(10)3)25-9-14(22)19-15-8-21(20-24-15)5-6-23-4/h8H,5-6,9H2,1-4H3/p+1. The van der Waals surface area contributed by atoms with Gasteiger partial charge in [-0.3, -0.25) is 14.6 Å². The van der Waals surface area contributed by atoms with Gasteiger partial charge >= 0.3 is 5.88 Å². The van der Waals surface area contributed by atoms with Crippen LogP contribution in [0.25, 0.3) is 0 Å². The summed E-state index contributed by atoms with van der Waals surface area (Å²) < 4.78 is 11.5. The van der Waals surface area contributed by atoms with E-state index in [-0.39, 0.29) is 17.5 Å².